The lowest BCUT2D eigenvalue weighted by atomic mass is 10.0. The summed E-state index contributed by atoms with van der Waals surface area (Å²) in [6.45, 7) is 7.51. The van der Waals surface area contributed by atoms with Crippen LogP contribution in [0.1, 0.15) is 36.6 Å². The third-order valence-electron chi connectivity index (χ3n) is 4.81. The fourth-order valence-electron chi connectivity index (χ4n) is 2.99. The minimum absolute atomic E-state index is 0.244. The maximum absolute atomic E-state index is 12.8. The zero-order valence-electron chi connectivity index (χ0n) is 17.2. The van der Waals surface area contributed by atoms with Gasteiger partial charge in [-0.25, -0.2) is 8.42 Å². The second-order valence-corrected chi connectivity index (χ2v) is 8.87. The average molecular weight is 405 g/mol. The van der Waals surface area contributed by atoms with Gasteiger partial charge in [0.1, 0.15) is 11.8 Å². The molecular weight excluding hydrogens is 376 g/mol. The van der Waals surface area contributed by atoms with Gasteiger partial charge in [0.25, 0.3) is 0 Å². The minimum atomic E-state index is -3.66. The number of aryl methyl sites for hydroxylation is 2. The van der Waals surface area contributed by atoms with Crippen LogP contribution in [0, 0.1) is 13.8 Å². The number of hydrogen-bond donors (Lipinski definition) is 1. The number of sulfonamides is 1. The minimum Gasteiger partial charge on any atom is -0.497 e. The van der Waals surface area contributed by atoms with Gasteiger partial charge in [-0.2, -0.15) is 0 Å². The van der Waals surface area contributed by atoms with E-state index < -0.39 is 16.1 Å². The van der Waals surface area contributed by atoms with Gasteiger partial charge in [-0.05, 0) is 68.7 Å². The number of methoxy groups -OCH3 is 1. The van der Waals surface area contributed by atoms with Crippen molar-refractivity contribution in [3.8, 4) is 5.75 Å². The monoisotopic (exact) mass is 404 g/mol. The molecule has 0 aromatic heterocycles. The van der Waals surface area contributed by atoms with E-state index >= 15 is 0 Å². The summed E-state index contributed by atoms with van der Waals surface area (Å²) in [4.78, 5) is 12.8. The van der Waals surface area contributed by atoms with Crippen LogP contribution in [0.5, 0.6) is 5.75 Å². The number of benzene rings is 2. The van der Waals surface area contributed by atoms with Gasteiger partial charge in [-0.3, -0.25) is 9.10 Å². The van der Waals surface area contributed by atoms with E-state index in [-0.39, 0.29) is 11.9 Å². The van der Waals surface area contributed by atoms with Crippen LogP contribution in [-0.4, -0.2) is 33.7 Å². The molecule has 152 valence electrons. The zero-order valence-corrected chi connectivity index (χ0v) is 18.0. The van der Waals surface area contributed by atoms with Gasteiger partial charge in [-0.15, -0.1) is 0 Å². The largest absolute Gasteiger partial charge is 0.497 e. The summed E-state index contributed by atoms with van der Waals surface area (Å²) in [5.41, 5.74) is 3.70. The summed E-state index contributed by atoms with van der Waals surface area (Å²) in [5, 5.41) is 2.92. The third-order valence-corrected chi connectivity index (χ3v) is 6.05. The fourth-order valence-corrected chi connectivity index (χ4v) is 4.16. The summed E-state index contributed by atoms with van der Waals surface area (Å²) in [7, 11) is -2.13. The number of nitrogens with one attached hydrogen (secondary N) is 1. The summed E-state index contributed by atoms with van der Waals surface area (Å²) < 4.78 is 31.0. The van der Waals surface area contributed by atoms with Crippen molar-refractivity contribution in [2.45, 2.75) is 39.8 Å². The van der Waals surface area contributed by atoms with Crippen molar-refractivity contribution in [1.82, 2.24) is 5.32 Å². The number of nitrogens with zero attached hydrogens (tertiary/aromatic N) is 1. The molecule has 0 heterocycles. The highest BCUT2D eigenvalue weighted by molar-refractivity contribution is 7.92. The topological polar surface area (TPSA) is 75.7 Å². The van der Waals surface area contributed by atoms with Gasteiger partial charge in [0.15, 0.2) is 0 Å². The first kappa shape index (κ1) is 21.8. The zero-order chi connectivity index (χ0) is 21.1. The van der Waals surface area contributed by atoms with E-state index in [1.807, 2.05) is 39.0 Å². The van der Waals surface area contributed by atoms with Crippen LogP contribution in [0.15, 0.2) is 42.5 Å². The van der Waals surface area contributed by atoms with E-state index in [4.69, 9.17) is 4.74 Å². The standard InChI is InChI=1S/C21H28N2O4S/c1-14-7-8-18(13-15(14)2)16(3)22-21(24)17(4)23(28(6,25)26)19-9-11-20(27-5)12-10-19/h7-13,16-17H,1-6H3,(H,22,24)/t16-,17-/m1/s1. The van der Waals surface area contributed by atoms with Gasteiger partial charge < -0.3 is 10.1 Å². The summed E-state index contributed by atoms with van der Waals surface area (Å²) in [6.07, 6.45) is 1.09. The maximum Gasteiger partial charge on any atom is 0.244 e. The van der Waals surface area contributed by atoms with Crippen molar-refractivity contribution in [2.24, 2.45) is 0 Å². The third kappa shape index (κ3) is 5.04. The first-order valence-corrected chi connectivity index (χ1v) is 10.9. The van der Waals surface area contributed by atoms with Crippen molar-refractivity contribution in [2.75, 3.05) is 17.7 Å². The van der Waals surface area contributed by atoms with Gasteiger partial charge in [0, 0.05) is 0 Å². The fraction of sp³-hybridized carbons (Fsp3) is 0.381. The Morgan fingerprint density at radius 2 is 1.64 bits per heavy atom. The molecular formula is C21H28N2O4S. The molecule has 0 saturated carbocycles. The normalized spacial score (nSPS) is 13.5. The molecule has 28 heavy (non-hydrogen) atoms. The number of rotatable bonds is 7. The van der Waals surface area contributed by atoms with Crippen LogP contribution in [0.3, 0.4) is 0 Å². The van der Waals surface area contributed by atoms with E-state index in [0.717, 1.165) is 21.7 Å². The Balaban J connectivity index is 2.24. The second-order valence-electron chi connectivity index (χ2n) is 7.01. The Morgan fingerprint density at radius 3 is 2.14 bits per heavy atom. The first-order chi connectivity index (χ1) is 13.0. The molecule has 1 N–H and O–H groups in total. The molecule has 2 atom stereocenters. The number of amides is 1. The highest BCUT2D eigenvalue weighted by Gasteiger charge is 2.30. The van der Waals surface area contributed by atoms with Gasteiger partial charge in [0.2, 0.25) is 15.9 Å². The average Bonchev–Trinajstić information content (AvgIpc) is 2.63. The molecule has 0 saturated heterocycles. The molecule has 7 heteroatoms. The molecule has 2 aromatic rings. The van der Waals surface area contributed by atoms with Crippen molar-refractivity contribution < 1.29 is 17.9 Å². The lowest BCUT2D eigenvalue weighted by molar-refractivity contribution is -0.122. The SMILES string of the molecule is COc1ccc(N([C@H](C)C(=O)N[C@H](C)c2ccc(C)c(C)c2)S(C)(=O)=O)cc1. The number of ether oxygens (including phenoxy) is 1. The Morgan fingerprint density at radius 1 is 1.04 bits per heavy atom. The van der Waals surface area contributed by atoms with E-state index in [1.54, 1.807) is 31.2 Å². The second kappa shape index (κ2) is 8.65. The van der Waals surface area contributed by atoms with Crippen LogP contribution in [0.2, 0.25) is 0 Å². The molecule has 0 spiro atoms. The number of carbonyl (C=O) groups excluding carboxylic acids is 1. The van der Waals surface area contributed by atoms with Crippen molar-refractivity contribution in [3.63, 3.8) is 0 Å². The quantitative estimate of drug-likeness (QED) is 0.768. The van der Waals surface area contributed by atoms with Gasteiger partial charge in [0.05, 0.1) is 25.1 Å². The smallest absolute Gasteiger partial charge is 0.244 e. The highest BCUT2D eigenvalue weighted by Crippen LogP contribution is 2.24. The molecule has 0 fully saturated rings. The predicted molar refractivity (Wildman–Crippen MR) is 112 cm³/mol. The highest BCUT2D eigenvalue weighted by atomic mass is 32.2. The Kier molecular flexibility index (Phi) is 6.72. The van der Waals surface area contributed by atoms with Gasteiger partial charge in [-0.1, -0.05) is 18.2 Å². The molecule has 2 aromatic carbocycles. The Bertz CT molecular complexity index is 939. The van der Waals surface area contributed by atoms with E-state index in [0.29, 0.717) is 11.4 Å². The van der Waals surface area contributed by atoms with Crippen molar-refractivity contribution >= 4 is 21.6 Å². The number of hydrogen-bond acceptors (Lipinski definition) is 4. The van der Waals surface area contributed by atoms with Crippen molar-refractivity contribution in [1.29, 1.82) is 0 Å². The molecule has 0 unspecified atom stereocenters. The molecule has 0 aliphatic heterocycles. The van der Waals surface area contributed by atoms with E-state index in [1.165, 1.54) is 12.7 Å². The van der Waals surface area contributed by atoms with Crippen LogP contribution < -0.4 is 14.4 Å². The summed E-state index contributed by atoms with van der Waals surface area (Å²) >= 11 is 0. The number of carbonyl (C=O) groups is 1. The van der Waals surface area contributed by atoms with E-state index in [9.17, 15) is 13.2 Å². The molecule has 0 bridgehead atoms. The molecule has 1 amide bonds. The summed E-state index contributed by atoms with van der Waals surface area (Å²) in [5.74, 6) is 0.240. The Labute approximate surface area is 167 Å². The molecule has 0 radical (unpaired) electrons. The lowest BCUT2D eigenvalue weighted by Crippen LogP contribution is -2.48. The Hall–Kier alpha value is -2.54. The van der Waals surface area contributed by atoms with Crippen LogP contribution in [0.4, 0.5) is 5.69 Å². The molecule has 0 aliphatic rings. The number of anilines is 1. The van der Waals surface area contributed by atoms with Crippen LogP contribution in [0.25, 0.3) is 0 Å². The molecule has 0 aliphatic carbocycles. The van der Waals surface area contributed by atoms with Crippen LogP contribution in [-0.2, 0) is 14.8 Å². The lowest BCUT2D eigenvalue weighted by Gasteiger charge is -2.29. The molecule has 6 nitrogen and oxygen atoms in total. The maximum atomic E-state index is 12.8. The van der Waals surface area contributed by atoms with Gasteiger partial charge >= 0.3 is 0 Å². The molecule has 2 rings (SSSR count). The van der Waals surface area contributed by atoms with Crippen LogP contribution >= 0.6 is 0 Å². The van der Waals surface area contributed by atoms with E-state index in [2.05, 4.69) is 5.32 Å². The first-order valence-electron chi connectivity index (χ1n) is 9.05. The van der Waals surface area contributed by atoms with Crippen molar-refractivity contribution in [3.05, 3.63) is 59.2 Å². The summed E-state index contributed by atoms with van der Waals surface area (Å²) in [6, 6.07) is 11.4. The predicted octanol–water partition coefficient (Wildman–Crippen LogP) is 3.34.